The summed E-state index contributed by atoms with van der Waals surface area (Å²) in [4.78, 5) is 83.2. The van der Waals surface area contributed by atoms with Crippen molar-refractivity contribution < 1.29 is 43.8 Å². The van der Waals surface area contributed by atoms with E-state index in [0.717, 1.165) is 38.5 Å². The number of carboxylic acids is 2. The van der Waals surface area contributed by atoms with Crippen LogP contribution in [0.1, 0.15) is 194 Å². The minimum absolute atomic E-state index is 0.0200. The van der Waals surface area contributed by atoms with E-state index in [1.807, 2.05) is 0 Å². The molecule has 1 rings (SSSR count). The highest BCUT2D eigenvalue weighted by atomic mass is 16.4. The maximum absolute atomic E-state index is 13.0. The Morgan fingerprint density at radius 1 is 0.519 bits per heavy atom. The Hall–Kier alpha value is -2.91. The van der Waals surface area contributed by atoms with E-state index in [9.17, 15) is 43.8 Å². The maximum Gasteiger partial charge on any atom is 0.306 e. The molecular weight excluding hydrogens is 662 g/mol. The average molecular weight is 734 g/mol. The van der Waals surface area contributed by atoms with Gasteiger partial charge < -0.3 is 25.1 Å². The van der Waals surface area contributed by atoms with Gasteiger partial charge in [0.2, 0.25) is 5.91 Å². The largest absolute Gasteiger partial charge is 0.481 e. The molecule has 1 aliphatic rings. The quantitative estimate of drug-likeness (QED) is 0.0546. The minimum atomic E-state index is -1.15. The van der Waals surface area contributed by atoms with Gasteiger partial charge in [-0.2, -0.15) is 0 Å². The second kappa shape index (κ2) is 29.5. The Balaban J connectivity index is 2.08. The number of carbonyl (C=O) groups excluding carboxylic acids is 5. The first-order chi connectivity index (χ1) is 24.9. The second-order valence-electron chi connectivity index (χ2n) is 15.6. The van der Waals surface area contributed by atoms with E-state index in [1.165, 1.54) is 90.4 Å². The first-order valence-electron chi connectivity index (χ1n) is 20.6. The average Bonchev–Trinajstić information content (AvgIpc) is 3.09. The zero-order chi connectivity index (χ0) is 38.6. The summed E-state index contributed by atoms with van der Waals surface area (Å²) in [5, 5.41) is 22.1. The number of ketones is 4. The van der Waals surface area contributed by atoms with Crippen LogP contribution in [0.15, 0.2) is 0 Å². The van der Waals surface area contributed by atoms with Gasteiger partial charge in [0.15, 0.2) is 0 Å². The van der Waals surface area contributed by atoms with E-state index in [0.29, 0.717) is 37.5 Å². The number of nitrogens with one attached hydrogen (secondary N) is 1. The zero-order valence-electron chi connectivity index (χ0n) is 32.6. The first kappa shape index (κ1) is 47.1. The van der Waals surface area contributed by atoms with Crippen molar-refractivity contribution >= 4 is 41.0 Å². The number of unbranched alkanes of at least 4 members (excludes halogenated alkanes) is 15. The predicted octanol–water partition coefficient (Wildman–Crippen LogP) is 8.99. The van der Waals surface area contributed by atoms with Crippen LogP contribution < -0.4 is 5.32 Å². The normalized spacial score (nSPS) is 16.9. The Bertz CT molecular complexity index is 1080. The van der Waals surface area contributed by atoms with Crippen molar-refractivity contribution in [1.29, 1.82) is 0 Å². The molecular formula is C42H71NO9. The lowest BCUT2D eigenvalue weighted by molar-refractivity contribution is -0.146. The molecule has 0 unspecified atom stereocenters. The van der Waals surface area contributed by atoms with E-state index in [1.54, 1.807) is 6.92 Å². The fourth-order valence-corrected chi connectivity index (χ4v) is 7.29. The smallest absolute Gasteiger partial charge is 0.306 e. The summed E-state index contributed by atoms with van der Waals surface area (Å²) in [6.07, 6.45) is 23.5. The molecule has 52 heavy (non-hydrogen) atoms. The molecule has 0 aromatic heterocycles. The van der Waals surface area contributed by atoms with Gasteiger partial charge in [0, 0.05) is 51.0 Å². The lowest BCUT2D eigenvalue weighted by Crippen LogP contribution is -2.33. The topological polar surface area (TPSA) is 172 Å². The number of carboxylic acid groups (broad SMARTS) is 2. The fourth-order valence-electron chi connectivity index (χ4n) is 7.29. The predicted molar refractivity (Wildman–Crippen MR) is 203 cm³/mol. The zero-order valence-corrected chi connectivity index (χ0v) is 32.6. The van der Waals surface area contributed by atoms with Crippen molar-refractivity contribution in [2.45, 2.75) is 194 Å². The number of amides is 1. The van der Waals surface area contributed by atoms with Crippen molar-refractivity contribution in [3.05, 3.63) is 0 Å². The number of hydrogen-bond donors (Lipinski definition) is 3. The van der Waals surface area contributed by atoms with E-state index in [2.05, 4.69) is 5.32 Å². The van der Waals surface area contributed by atoms with Gasteiger partial charge >= 0.3 is 11.9 Å². The van der Waals surface area contributed by atoms with Gasteiger partial charge in [0.05, 0.1) is 11.8 Å². The van der Waals surface area contributed by atoms with Crippen molar-refractivity contribution in [3.8, 4) is 0 Å². The molecule has 1 saturated carbocycles. The van der Waals surface area contributed by atoms with Gasteiger partial charge in [-0.1, -0.05) is 89.9 Å². The van der Waals surface area contributed by atoms with Gasteiger partial charge in [-0.15, -0.1) is 0 Å². The summed E-state index contributed by atoms with van der Waals surface area (Å²) in [6, 6.07) is 0. The molecule has 1 amide bonds. The Labute approximate surface area is 313 Å². The molecule has 0 bridgehead atoms. The van der Waals surface area contributed by atoms with Crippen molar-refractivity contribution in [1.82, 2.24) is 5.32 Å². The Morgan fingerprint density at radius 3 is 1.37 bits per heavy atom. The van der Waals surface area contributed by atoms with Crippen LogP contribution in [-0.2, 0) is 33.6 Å². The molecule has 0 radical (unpaired) electrons. The van der Waals surface area contributed by atoms with E-state index < -0.39 is 23.8 Å². The Kier molecular flexibility index (Phi) is 26.8. The molecule has 0 aliphatic heterocycles. The molecule has 298 valence electrons. The summed E-state index contributed by atoms with van der Waals surface area (Å²) >= 11 is 0. The van der Waals surface area contributed by atoms with Crippen LogP contribution in [0.3, 0.4) is 0 Å². The summed E-state index contributed by atoms with van der Waals surface area (Å²) in [6.45, 7) is 3.64. The van der Waals surface area contributed by atoms with Crippen LogP contribution in [0.2, 0.25) is 0 Å². The number of aliphatic carboxylic acids is 2. The highest BCUT2D eigenvalue weighted by Crippen LogP contribution is 2.31. The van der Waals surface area contributed by atoms with Crippen LogP contribution in [0.4, 0.5) is 0 Å². The van der Waals surface area contributed by atoms with Gasteiger partial charge in [-0.3, -0.25) is 24.0 Å². The molecule has 2 atom stereocenters. The van der Waals surface area contributed by atoms with Gasteiger partial charge in [0.1, 0.15) is 23.1 Å². The van der Waals surface area contributed by atoms with Crippen molar-refractivity contribution in [2.75, 3.05) is 6.54 Å². The third-order valence-corrected chi connectivity index (χ3v) is 10.8. The van der Waals surface area contributed by atoms with E-state index in [-0.39, 0.29) is 67.7 Å². The lowest BCUT2D eigenvalue weighted by Gasteiger charge is -2.28. The van der Waals surface area contributed by atoms with Crippen molar-refractivity contribution in [3.63, 3.8) is 0 Å². The van der Waals surface area contributed by atoms with Crippen molar-refractivity contribution in [2.24, 2.45) is 23.7 Å². The minimum Gasteiger partial charge on any atom is -0.481 e. The fraction of sp³-hybridized carbons (Fsp3) is 0.833. The molecule has 0 heterocycles. The highest BCUT2D eigenvalue weighted by molar-refractivity contribution is 5.87. The lowest BCUT2D eigenvalue weighted by atomic mass is 9.77. The van der Waals surface area contributed by atoms with Crippen LogP contribution in [-0.4, -0.2) is 57.7 Å². The monoisotopic (exact) mass is 734 g/mol. The van der Waals surface area contributed by atoms with Gasteiger partial charge in [-0.25, -0.2) is 0 Å². The standard InChI is InChI=1S/C42H71NO9/c1-32(44)19-17-15-13-11-9-7-5-3-4-6-8-10-12-14-16-18-20-40(48)43-31-34-22-25-35(26-23-34)39(47)30-37(42(51)52)27-28-38(46)29-36(41(49)50)24-21-33(2)45/h34-37H,3-31H2,1-2H3,(H,43,48)(H,49,50)(H,51,52)/t34?,35?,36-,37-/m1/s1. The van der Waals surface area contributed by atoms with Gasteiger partial charge in [-0.05, 0) is 71.1 Å². The highest BCUT2D eigenvalue weighted by Gasteiger charge is 2.31. The number of hydrogen-bond acceptors (Lipinski definition) is 7. The molecule has 10 nitrogen and oxygen atoms in total. The van der Waals surface area contributed by atoms with Crippen LogP contribution in [0.25, 0.3) is 0 Å². The van der Waals surface area contributed by atoms with E-state index >= 15 is 0 Å². The summed E-state index contributed by atoms with van der Waals surface area (Å²) in [7, 11) is 0. The summed E-state index contributed by atoms with van der Waals surface area (Å²) in [5.41, 5.74) is 0. The number of carbonyl (C=O) groups is 7. The molecule has 0 aromatic rings. The van der Waals surface area contributed by atoms with Crippen LogP contribution in [0, 0.1) is 23.7 Å². The Morgan fingerprint density at radius 2 is 0.923 bits per heavy atom. The van der Waals surface area contributed by atoms with Gasteiger partial charge in [0.25, 0.3) is 0 Å². The second-order valence-corrected chi connectivity index (χ2v) is 15.6. The SMILES string of the molecule is CC(=O)CCCCCCCCCCCCCCCCCCC(=O)NCC1CCC(C(=O)C[C@@H](CCC(=O)C[C@@H](CCC(C)=O)C(=O)O)C(=O)O)CC1. The molecule has 3 N–H and O–H groups in total. The third kappa shape index (κ3) is 25.1. The maximum atomic E-state index is 13.0. The molecule has 0 aromatic carbocycles. The third-order valence-electron chi connectivity index (χ3n) is 10.8. The summed E-state index contributed by atoms with van der Waals surface area (Å²) < 4.78 is 0. The van der Waals surface area contributed by atoms with E-state index in [4.69, 9.17) is 0 Å². The molecule has 1 fully saturated rings. The number of Topliss-reactive ketones (excluding diaryl/α,β-unsaturated/α-hetero) is 4. The molecule has 1 aliphatic carbocycles. The van der Waals surface area contributed by atoms with Crippen LogP contribution in [0.5, 0.6) is 0 Å². The first-order valence-corrected chi connectivity index (χ1v) is 20.6. The number of rotatable bonds is 34. The summed E-state index contributed by atoms with van der Waals surface area (Å²) in [5.74, 6) is -4.42. The van der Waals surface area contributed by atoms with Crippen LogP contribution >= 0.6 is 0 Å². The molecule has 0 saturated heterocycles. The molecule has 10 heteroatoms. The molecule has 0 spiro atoms.